The van der Waals surface area contributed by atoms with Crippen molar-refractivity contribution in [3.05, 3.63) is 60.2 Å². The average molecular weight is 405 g/mol. The van der Waals surface area contributed by atoms with Crippen molar-refractivity contribution in [1.29, 1.82) is 0 Å². The minimum Gasteiger partial charge on any atom is -0.393 e. The summed E-state index contributed by atoms with van der Waals surface area (Å²) in [5.74, 6) is -0.166. The molecule has 30 heavy (non-hydrogen) atoms. The van der Waals surface area contributed by atoms with E-state index >= 15 is 0 Å². The van der Waals surface area contributed by atoms with Crippen molar-refractivity contribution in [2.75, 3.05) is 0 Å². The quantitative estimate of drug-likeness (QED) is 0.180. The summed E-state index contributed by atoms with van der Waals surface area (Å²) in [6, 6.07) is 18.5. The van der Waals surface area contributed by atoms with Crippen LogP contribution >= 0.6 is 0 Å². The molecule has 0 aliphatic rings. The van der Waals surface area contributed by atoms with Crippen LogP contribution in [0.1, 0.15) is 63.9 Å². The second-order valence-electron chi connectivity index (χ2n) is 7.92. The van der Waals surface area contributed by atoms with Gasteiger partial charge in [0.1, 0.15) is 0 Å². The maximum absolute atomic E-state index is 12.1. The first kappa shape index (κ1) is 22.0. The van der Waals surface area contributed by atoms with Gasteiger partial charge in [-0.3, -0.25) is 4.79 Å². The molecule has 158 valence electrons. The Bertz CT molecular complexity index is 943. The van der Waals surface area contributed by atoms with Crippen molar-refractivity contribution in [1.82, 2.24) is 5.43 Å². The number of nitrogens with one attached hydrogen (secondary N) is 1. The lowest BCUT2D eigenvalue weighted by Crippen LogP contribution is -2.19. The molecule has 0 bridgehead atoms. The molecule has 3 aromatic carbocycles. The fourth-order valence-corrected chi connectivity index (χ4v) is 3.84. The molecule has 4 nitrogen and oxygen atoms in total. The zero-order valence-corrected chi connectivity index (χ0v) is 17.8. The van der Waals surface area contributed by atoms with Crippen molar-refractivity contribution in [3.63, 3.8) is 0 Å². The van der Waals surface area contributed by atoms with E-state index in [0.29, 0.717) is 6.42 Å². The number of unbranched alkanes of at least 4 members (excludes halogenated alkanes) is 4. The van der Waals surface area contributed by atoms with Gasteiger partial charge in [-0.05, 0) is 40.5 Å². The highest BCUT2D eigenvalue weighted by molar-refractivity contribution is 6.13. The molecular formula is C26H32N2O2. The monoisotopic (exact) mass is 404 g/mol. The Morgan fingerprint density at radius 2 is 1.60 bits per heavy atom. The zero-order chi connectivity index (χ0) is 21.2. The summed E-state index contributed by atoms with van der Waals surface area (Å²) in [5, 5.41) is 18.8. The highest BCUT2D eigenvalue weighted by Gasteiger charge is 2.08. The lowest BCUT2D eigenvalue weighted by Gasteiger charge is -2.10. The average Bonchev–Trinajstić information content (AvgIpc) is 2.77. The van der Waals surface area contributed by atoms with E-state index in [4.69, 9.17) is 0 Å². The van der Waals surface area contributed by atoms with Gasteiger partial charge in [-0.15, -0.1) is 0 Å². The number of rotatable bonds is 11. The number of carbonyl (C=O) groups is 1. The number of carbonyl (C=O) groups excluding carboxylic acids is 1. The number of aliphatic hydroxyl groups is 1. The Labute approximate surface area is 179 Å². The van der Waals surface area contributed by atoms with Crippen molar-refractivity contribution < 1.29 is 9.90 Å². The number of hydrogen-bond donors (Lipinski definition) is 2. The van der Waals surface area contributed by atoms with Crippen LogP contribution in [0.2, 0.25) is 0 Å². The van der Waals surface area contributed by atoms with Gasteiger partial charge in [0.25, 0.3) is 0 Å². The molecule has 0 aliphatic heterocycles. The first-order chi connectivity index (χ1) is 14.7. The van der Waals surface area contributed by atoms with Crippen LogP contribution < -0.4 is 5.43 Å². The Balaban J connectivity index is 1.56. The molecule has 1 atom stereocenters. The number of benzene rings is 3. The van der Waals surface area contributed by atoms with Gasteiger partial charge in [0.2, 0.25) is 5.91 Å². The van der Waals surface area contributed by atoms with Gasteiger partial charge in [-0.25, -0.2) is 5.43 Å². The fourth-order valence-electron chi connectivity index (χ4n) is 3.84. The molecule has 0 radical (unpaired) electrons. The SMILES string of the molecule is CCCCCCCC(O)CCC(=O)N/N=C/c1c2ccccc2cc2ccccc12. The van der Waals surface area contributed by atoms with E-state index in [0.717, 1.165) is 46.4 Å². The number of aliphatic hydroxyl groups excluding tert-OH is 1. The van der Waals surface area contributed by atoms with Crippen LogP contribution in [-0.2, 0) is 4.79 Å². The molecule has 1 amide bonds. The van der Waals surface area contributed by atoms with Crippen molar-refractivity contribution in [2.45, 2.75) is 64.4 Å². The second-order valence-corrected chi connectivity index (χ2v) is 7.92. The topological polar surface area (TPSA) is 61.7 Å². The normalized spacial score (nSPS) is 12.6. The molecule has 0 spiro atoms. The maximum Gasteiger partial charge on any atom is 0.240 e. The lowest BCUT2D eigenvalue weighted by molar-refractivity contribution is -0.121. The minimum absolute atomic E-state index is 0.166. The highest BCUT2D eigenvalue weighted by atomic mass is 16.3. The van der Waals surface area contributed by atoms with Crippen LogP contribution in [0.5, 0.6) is 0 Å². The molecule has 0 heterocycles. The smallest absolute Gasteiger partial charge is 0.240 e. The number of amides is 1. The van der Waals surface area contributed by atoms with Gasteiger partial charge in [0.05, 0.1) is 12.3 Å². The van der Waals surface area contributed by atoms with Gasteiger partial charge in [-0.2, -0.15) is 5.10 Å². The third-order valence-electron chi connectivity index (χ3n) is 5.54. The highest BCUT2D eigenvalue weighted by Crippen LogP contribution is 2.27. The molecule has 0 saturated heterocycles. The first-order valence-electron chi connectivity index (χ1n) is 11.1. The van der Waals surface area contributed by atoms with Gasteiger partial charge in [-0.1, -0.05) is 87.6 Å². The predicted octanol–water partition coefficient (Wildman–Crippen LogP) is 5.94. The fraction of sp³-hybridized carbons (Fsp3) is 0.385. The van der Waals surface area contributed by atoms with Crippen LogP contribution in [0.4, 0.5) is 0 Å². The predicted molar refractivity (Wildman–Crippen MR) is 126 cm³/mol. The molecule has 3 aromatic rings. The second kappa shape index (κ2) is 11.5. The molecule has 1 unspecified atom stereocenters. The molecule has 0 fully saturated rings. The van der Waals surface area contributed by atoms with Gasteiger partial charge < -0.3 is 5.11 Å². The zero-order valence-electron chi connectivity index (χ0n) is 17.8. The molecular weight excluding hydrogens is 372 g/mol. The minimum atomic E-state index is -0.414. The number of hydrogen-bond acceptors (Lipinski definition) is 3. The Morgan fingerprint density at radius 1 is 0.967 bits per heavy atom. The van der Waals surface area contributed by atoms with E-state index in [2.05, 4.69) is 47.8 Å². The molecule has 0 saturated carbocycles. The summed E-state index contributed by atoms with van der Waals surface area (Å²) in [6.07, 6.45) is 8.71. The molecule has 2 N–H and O–H groups in total. The third-order valence-corrected chi connectivity index (χ3v) is 5.54. The summed E-state index contributed by atoms with van der Waals surface area (Å²) < 4.78 is 0. The summed E-state index contributed by atoms with van der Waals surface area (Å²) >= 11 is 0. The first-order valence-corrected chi connectivity index (χ1v) is 11.1. The van der Waals surface area contributed by atoms with Gasteiger partial charge in [0.15, 0.2) is 0 Å². The summed E-state index contributed by atoms with van der Waals surface area (Å²) in [6.45, 7) is 2.19. The third kappa shape index (κ3) is 6.14. The van der Waals surface area contributed by atoms with Gasteiger partial charge in [0, 0.05) is 12.0 Å². The number of hydrazone groups is 1. The molecule has 4 heteroatoms. The molecule has 0 aliphatic carbocycles. The van der Waals surface area contributed by atoms with Crippen LogP contribution in [-0.4, -0.2) is 23.3 Å². The lowest BCUT2D eigenvalue weighted by atomic mass is 9.97. The standard InChI is InChI=1S/C26H32N2O2/c1-2-3-4-5-6-13-22(29)16-17-26(30)28-27-19-25-23-14-9-7-11-20(23)18-21-12-8-10-15-24(21)25/h7-12,14-15,18-19,22,29H,2-6,13,16-17H2,1H3,(H,28,30)/b27-19+. The van der Waals surface area contributed by atoms with E-state index in [1.165, 1.54) is 19.3 Å². The van der Waals surface area contributed by atoms with Crippen LogP contribution in [0.3, 0.4) is 0 Å². The maximum atomic E-state index is 12.1. The summed E-state index contributed by atoms with van der Waals surface area (Å²) in [5.41, 5.74) is 3.62. The molecule has 3 rings (SSSR count). The van der Waals surface area contributed by atoms with Crippen LogP contribution in [0, 0.1) is 0 Å². The number of nitrogens with zero attached hydrogens (tertiary/aromatic N) is 1. The van der Waals surface area contributed by atoms with E-state index in [1.807, 2.05) is 24.3 Å². The molecule has 0 aromatic heterocycles. The Morgan fingerprint density at radius 3 is 2.27 bits per heavy atom. The van der Waals surface area contributed by atoms with E-state index < -0.39 is 6.10 Å². The van der Waals surface area contributed by atoms with E-state index in [1.54, 1.807) is 6.21 Å². The Hall–Kier alpha value is -2.72. The summed E-state index contributed by atoms with van der Waals surface area (Å²) in [7, 11) is 0. The van der Waals surface area contributed by atoms with E-state index in [9.17, 15) is 9.90 Å². The number of fused-ring (bicyclic) bond motifs is 2. The van der Waals surface area contributed by atoms with Crippen molar-refractivity contribution in [2.24, 2.45) is 5.10 Å². The van der Waals surface area contributed by atoms with Crippen LogP contribution in [0.25, 0.3) is 21.5 Å². The van der Waals surface area contributed by atoms with Gasteiger partial charge >= 0.3 is 0 Å². The van der Waals surface area contributed by atoms with E-state index in [-0.39, 0.29) is 12.3 Å². The summed E-state index contributed by atoms with van der Waals surface area (Å²) in [4.78, 5) is 12.1. The van der Waals surface area contributed by atoms with Crippen molar-refractivity contribution in [3.8, 4) is 0 Å². The largest absolute Gasteiger partial charge is 0.393 e. The van der Waals surface area contributed by atoms with Crippen LogP contribution in [0.15, 0.2) is 59.7 Å². The Kier molecular flexibility index (Phi) is 8.40. The van der Waals surface area contributed by atoms with Crippen molar-refractivity contribution >= 4 is 33.7 Å².